The van der Waals surface area contributed by atoms with Gasteiger partial charge in [0.1, 0.15) is 0 Å². The molecule has 0 fully saturated rings. The Morgan fingerprint density at radius 1 is 1.50 bits per heavy atom. The molecule has 1 unspecified atom stereocenters. The molecule has 0 aliphatic heterocycles. The highest BCUT2D eigenvalue weighted by Gasteiger charge is 2.18. The molecule has 0 aliphatic rings. The molecule has 0 bridgehead atoms. The number of hydrogen-bond donors (Lipinski definition) is 2. The van der Waals surface area contributed by atoms with E-state index in [1.54, 1.807) is 6.92 Å². The zero-order chi connectivity index (χ0) is 15.3. The lowest BCUT2D eigenvalue weighted by atomic mass is 10.1. The number of nitrogens with zero attached hydrogens (tertiary/aromatic N) is 1. The highest BCUT2D eigenvalue weighted by Crippen LogP contribution is 2.16. The van der Waals surface area contributed by atoms with Crippen molar-refractivity contribution < 1.29 is 24.4 Å². The van der Waals surface area contributed by atoms with Crippen LogP contribution in [0.3, 0.4) is 0 Å². The molecule has 8 heteroatoms. The fraction of sp³-hybridized carbons (Fsp3) is 0.333. The van der Waals surface area contributed by atoms with Gasteiger partial charge in [0.05, 0.1) is 18.6 Å². The minimum Gasteiger partial charge on any atom is -0.467 e. The van der Waals surface area contributed by atoms with Gasteiger partial charge in [-0.25, -0.2) is 4.79 Å². The van der Waals surface area contributed by atoms with Crippen LogP contribution in [0.5, 0.6) is 0 Å². The lowest BCUT2D eigenvalue weighted by Gasteiger charge is -2.10. The SMILES string of the molecule is COC(=O)C(O)CNC(=O)c1ccc([N+](=O)[O-])cc1C. The maximum Gasteiger partial charge on any atom is 0.336 e. The average molecular weight is 282 g/mol. The molecular weight excluding hydrogens is 268 g/mol. The first kappa shape index (κ1) is 15.6. The summed E-state index contributed by atoms with van der Waals surface area (Å²) in [6.07, 6.45) is -1.46. The number of amides is 1. The number of carbonyl (C=O) groups is 2. The van der Waals surface area contributed by atoms with E-state index in [0.29, 0.717) is 5.56 Å². The van der Waals surface area contributed by atoms with E-state index >= 15 is 0 Å². The third-order valence-corrected chi connectivity index (χ3v) is 2.59. The van der Waals surface area contributed by atoms with Crippen LogP contribution in [-0.4, -0.2) is 41.7 Å². The summed E-state index contributed by atoms with van der Waals surface area (Å²) >= 11 is 0. The Hall–Kier alpha value is -2.48. The zero-order valence-corrected chi connectivity index (χ0v) is 11.0. The predicted molar refractivity (Wildman–Crippen MR) is 68.2 cm³/mol. The number of non-ortho nitro benzene ring substituents is 1. The van der Waals surface area contributed by atoms with E-state index < -0.39 is 22.9 Å². The molecule has 1 amide bonds. The molecule has 0 heterocycles. The summed E-state index contributed by atoms with van der Waals surface area (Å²) in [6, 6.07) is 3.79. The van der Waals surface area contributed by atoms with Gasteiger partial charge in [0.2, 0.25) is 0 Å². The maximum atomic E-state index is 11.8. The largest absolute Gasteiger partial charge is 0.467 e. The summed E-state index contributed by atoms with van der Waals surface area (Å²) in [7, 11) is 1.12. The monoisotopic (exact) mass is 282 g/mol. The van der Waals surface area contributed by atoms with Crippen LogP contribution in [0.1, 0.15) is 15.9 Å². The molecule has 8 nitrogen and oxygen atoms in total. The number of carbonyl (C=O) groups excluding carboxylic acids is 2. The van der Waals surface area contributed by atoms with Gasteiger partial charge in [-0.2, -0.15) is 0 Å². The molecule has 0 saturated carbocycles. The Bertz CT molecular complexity index is 543. The van der Waals surface area contributed by atoms with E-state index in [9.17, 15) is 24.8 Å². The minimum atomic E-state index is -1.46. The van der Waals surface area contributed by atoms with Crippen molar-refractivity contribution in [3.63, 3.8) is 0 Å². The highest BCUT2D eigenvalue weighted by molar-refractivity contribution is 5.96. The summed E-state index contributed by atoms with van der Waals surface area (Å²) < 4.78 is 4.30. The first-order valence-corrected chi connectivity index (χ1v) is 5.66. The van der Waals surface area contributed by atoms with Crippen LogP contribution < -0.4 is 5.32 Å². The summed E-state index contributed by atoms with van der Waals surface area (Å²) in [5.74, 6) is -1.40. The van der Waals surface area contributed by atoms with Gasteiger partial charge in [-0.3, -0.25) is 14.9 Å². The van der Waals surface area contributed by atoms with E-state index in [1.807, 2.05) is 0 Å². The smallest absolute Gasteiger partial charge is 0.336 e. The van der Waals surface area contributed by atoms with E-state index in [2.05, 4.69) is 10.1 Å². The number of ether oxygens (including phenoxy) is 1. The summed E-state index contributed by atoms with van der Waals surface area (Å²) in [4.78, 5) is 32.8. The van der Waals surface area contributed by atoms with Crippen molar-refractivity contribution in [2.24, 2.45) is 0 Å². The van der Waals surface area contributed by atoms with Crippen molar-refractivity contribution in [1.82, 2.24) is 5.32 Å². The minimum absolute atomic E-state index is 0.117. The van der Waals surface area contributed by atoms with Crippen LogP contribution in [0, 0.1) is 17.0 Å². The fourth-order valence-electron chi connectivity index (χ4n) is 1.52. The molecule has 1 aromatic carbocycles. The number of nitrogens with one attached hydrogen (secondary N) is 1. The number of aliphatic hydroxyl groups is 1. The second kappa shape index (κ2) is 6.62. The zero-order valence-electron chi connectivity index (χ0n) is 11.0. The second-order valence-electron chi connectivity index (χ2n) is 4.01. The molecule has 0 aliphatic carbocycles. The molecule has 0 radical (unpaired) electrons. The molecular formula is C12H14N2O6. The van der Waals surface area contributed by atoms with E-state index in [-0.39, 0.29) is 17.8 Å². The van der Waals surface area contributed by atoms with Crippen molar-refractivity contribution in [2.75, 3.05) is 13.7 Å². The Morgan fingerprint density at radius 2 is 2.15 bits per heavy atom. The molecule has 20 heavy (non-hydrogen) atoms. The highest BCUT2D eigenvalue weighted by atomic mass is 16.6. The van der Waals surface area contributed by atoms with Crippen molar-refractivity contribution >= 4 is 17.6 Å². The number of hydrogen-bond acceptors (Lipinski definition) is 6. The van der Waals surface area contributed by atoms with Crippen LogP contribution in [-0.2, 0) is 9.53 Å². The average Bonchev–Trinajstić information content (AvgIpc) is 2.43. The summed E-state index contributed by atoms with van der Waals surface area (Å²) in [5.41, 5.74) is 0.533. The molecule has 2 N–H and O–H groups in total. The first-order chi connectivity index (χ1) is 9.36. The quantitative estimate of drug-likeness (QED) is 0.451. The van der Waals surface area contributed by atoms with Gasteiger partial charge >= 0.3 is 5.97 Å². The number of benzene rings is 1. The number of aliphatic hydroxyl groups excluding tert-OH is 1. The molecule has 108 valence electrons. The van der Waals surface area contributed by atoms with Crippen LogP contribution in [0.25, 0.3) is 0 Å². The number of methoxy groups -OCH3 is 1. The number of rotatable bonds is 5. The van der Waals surface area contributed by atoms with Crippen molar-refractivity contribution in [3.8, 4) is 0 Å². The Kier molecular flexibility index (Phi) is 5.15. The Labute approximate surface area is 114 Å². The molecule has 1 rings (SSSR count). The normalized spacial score (nSPS) is 11.6. The standard InChI is InChI=1S/C12H14N2O6/c1-7-5-8(14(18)19)3-4-9(7)11(16)13-6-10(15)12(17)20-2/h3-5,10,15H,6H2,1-2H3,(H,13,16). The Balaban J connectivity index is 2.73. The van der Waals surface area contributed by atoms with Gasteiger partial charge < -0.3 is 15.2 Å². The van der Waals surface area contributed by atoms with E-state index in [0.717, 1.165) is 7.11 Å². The molecule has 1 aromatic rings. The van der Waals surface area contributed by atoms with Gasteiger partial charge in [0.25, 0.3) is 11.6 Å². The number of nitro benzene ring substituents is 1. The lowest BCUT2D eigenvalue weighted by Crippen LogP contribution is -2.37. The maximum absolute atomic E-state index is 11.8. The van der Waals surface area contributed by atoms with E-state index in [1.165, 1.54) is 18.2 Å². The molecule has 1 atom stereocenters. The van der Waals surface area contributed by atoms with Crippen LogP contribution >= 0.6 is 0 Å². The fourth-order valence-corrected chi connectivity index (χ4v) is 1.52. The van der Waals surface area contributed by atoms with Crippen LogP contribution in [0.4, 0.5) is 5.69 Å². The topological polar surface area (TPSA) is 119 Å². The van der Waals surface area contributed by atoms with Crippen LogP contribution in [0.2, 0.25) is 0 Å². The van der Waals surface area contributed by atoms with Gasteiger partial charge in [0.15, 0.2) is 6.10 Å². The van der Waals surface area contributed by atoms with Gasteiger partial charge in [0, 0.05) is 17.7 Å². The molecule has 0 spiro atoms. The number of nitro groups is 1. The third-order valence-electron chi connectivity index (χ3n) is 2.59. The van der Waals surface area contributed by atoms with Gasteiger partial charge in [-0.1, -0.05) is 0 Å². The molecule has 0 saturated heterocycles. The summed E-state index contributed by atoms with van der Waals surface area (Å²) in [5, 5.41) is 22.2. The van der Waals surface area contributed by atoms with Crippen molar-refractivity contribution in [3.05, 3.63) is 39.4 Å². The number of aryl methyl sites for hydroxylation is 1. The van der Waals surface area contributed by atoms with Gasteiger partial charge in [-0.05, 0) is 18.6 Å². The third kappa shape index (κ3) is 3.75. The first-order valence-electron chi connectivity index (χ1n) is 5.66. The van der Waals surface area contributed by atoms with E-state index in [4.69, 9.17) is 0 Å². The lowest BCUT2D eigenvalue weighted by molar-refractivity contribution is -0.384. The second-order valence-corrected chi connectivity index (χ2v) is 4.01. The van der Waals surface area contributed by atoms with Crippen molar-refractivity contribution in [1.29, 1.82) is 0 Å². The summed E-state index contributed by atoms with van der Waals surface area (Å²) in [6.45, 7) is 1.25. The predicted octanol–water partition coefficient (Wildman–Crippen LogP) is 0.167. The van der Waals surface area contributed by atoms with Gasteiger partial charge in [-0.15, -0.1) is 0 Å². The molecule has 0 aromatic heterocycles. The van der Waals surface area contributed by atoms with Crippen LogP contribution in [0.15, 0.2) is 18.2 Å². The Morgan fingerprint density at radius 3 is 2.65 bits per heavy atom. The number of esters is 1. The van der Waals surface area contributed by atoms with Crippen molar-refractivity contribution in [2.45, 2.75) is 13.0 Å².